The number of aliphatic hydroxyl groups excluding tert-OH is 1. The number of aliphatic hydroxyl groups is 1. The fraction of sp³-hybridized carbons (Fsp3) is 0.233. The van der Waals surface area contributed by atoms with Crippen molar-refractivity contribution >= 4 is 54.9 Å². The van der Waals surface area contributed by atoms with E-state index in [2.05, 4.69) is 0 Å². The highest BCUT2D eigenvalue weighted by atomic mass is 16.5. The topological polar surface area (TPSA) is 140 Å². The van der Waals surface area contributed by atoms with Crippen LogP contribution in [0.4, 0.5) is 0 Å². The van der Waals surface area contributed by atoms with Crippen molar-refractivity contribution in [1.29, 1.82) is 0 Å². The van der Waals surface area contributed by atoms with Crippen molar-refractivity contribution in [2.75, 3.05) is 21.3 Å². The zero-order valence-electron chi connectivity index (χ0n) is 21.8. The maximum Gasteiger partial charge on any atom is 0.194 e. The lowest BCUT2D eigenvalue weighted by atomic mass is 9.80. The first kappa shape index (κ1) is 24.7. The monoisotopic (exact) mass is 528 g/mol. The lowest BCUT2D eigenvalue weighted by Gasteiger charge is -2.25. The second-order valence-electron chi connectivity index (χ2n) is 9.78. The van der Waals surface area contributed by atoms with E-state index < -0.39 is 34.9 Å². The highest BCUT2D eigenvalue weighted by Crippen LogP contribution is 2.57. The van der Waals surface area contributed by atoms with Crippen molar-refractivity contribution in [1.82, 2.24) is 0 Å². The molecule has 9 heteroatoms. The van der Waals surface area contributed by atoms with Crippen LogP contribution in [0.2, 0.25) is 0 Å². The lowest BCUT2D eigenvalue weighted by molar-refractivity contribution is -0.117. The maximum absolute atomic E-state index is 13.5. The van der Waals surface area contributed by atoms with E-state index in [1.807, 2.05) is 0 Å². The van der Waals surface area contributed by atoms with Gasteiger partial charge in [-0.05, 0) is 30.2 Å². The summed E-state index contributed by atoms with van der Waals surface area (Å²) in [6.45, 7) is 2.53. The number of aromatic hydroxyl groups is 2. The molecule has 0 spiro atoms. The first-order valence-electron chi connectivity index (χ1n) is 12.2. The number of benzene rings is 5. The molecule has 0 aliphatic heterocycles. The summed E-state index contributed by atoms with van der Waals surface area (Å²) in [4.78, 5) is 40.1. The third-order valence-electron chi connectivity index (χ3n) is 7.92. The quantitative estimate of drug-likeness (QED) is 0.229. The van der Waals surface area contributed by atoms with Gasteiger partial charge in [0.05, 0.1) is 44.6 Å². The van der Waals surface area contributed by atoms with Gasteiger partial charge in [-0.15, -0.1) is 0 Å². The molecule has 5 aromatic rings. The number of hydrogen-bond donors (Lipinski definition) is 3. The minimum atomic E-state index is -0.908. The number of Topliss-reactive ketones (excluding diaryl/α,β-unsaturated/α-hetero) is 1. The lowest BCUT2D eigenvalue weighted by Crippen LogP contribution is -2.14. The van der Waals surface area contributed by atoms with E-state index in [1.54, 1.807) is 13.0 Å². The predicted octanol–water partition coefficient (Wildman–Crippen LogP) is 3.91. The molecule has 0 heterocycles. The van der Waals surface area contributed by atoms with Gasteiger partial charge in [-0.25, -0.2) is 0 Å². The molecule has 1 aliphatic rings. The molecule has 0 saturated carbocycles. The summed E-state index contributed by atoms with van der Waals surface area (Å²) in [5.41, 5.74) is 0.254. The minimum Gasteiger partial charge on any atom is -0.507 e. The average Bonchev–Trinajstić information content (AvgIpc) is 3.02. The summed E-state index contributed by atoms with van der Waals surface area (Å²) in [6.07, 6.45) is 1.69. The Morgan fingerprint density at radius 1 is 0.795 bits per heavy atom. The molecule has 9 nitrogen and oxygen atoms in total. The van der Waals surface area contributed by atoms with E-state index in [4.69, 9.17) is 14.2 Å². The van der Waals surface area contributed by atoms with Crippen LogP contribution in [-0.2, 0) is 11.4 Å². The molecule has 198 valence electrons. The second-order valence-corrected chi connectivity index (χ2v) is 9.78. The number of phenols is 2. The van der Waals surface area contributed by atoms with Gasteiger partial charge in [0.1, 0.15) is 23.0 Å². The highest BCUT2D eigenvalue weighted by Gasteiger charge is 2.37. The van der Waals surface area contributed by atoms with Gasteiger partial charge in [-0.1, -0.05) is 11.6 Å². The zero-order chi connectivity index (χ0) is 28.1. The SMILES string of the molecule is COc1c(O)c2c(=O)cc(OC)c3c4c(OC)cc(=O)c5c(O)c(CO)c6c(c(c1C(C(C)=O)C(C)=C6)c23)c54. The molecule has 1 unspecified atom stereocenters. The van der Waals surface area contributed by atoms with E-state index in [0.29, 0.717) is 49.0 Å². The third kappa shape index (κ3) is 2.85. The Bertz CT molecular complexity index is 2060. The van der Waals surface area contributed by atoms with Crippen LogP contribution in [-0.4, -0.2) is 42.4 Å². The van der Waals surface area contributed by atoms with Crippen molar-refractivity contribution in [3.05, 3.63) is 54.8 Å². The van der Waals surface area contributed by atoms with E-state index in [1.165, 1.54) is 40.4 Å². The van der Waals surface area contributed by atoms with Gasteiger partial charge < -0.3 is 29.5 Å². The number of phenolic OH excluding ortho intramolecular Hbond substituents is 1. The molecular formula is C30H24O9. The van der Waals surface area contributed by atoms with Gasteiger partial charge in [-0.2, -0.15) is 0 Å². The van der Waals surface area contributed by atoms with Crippen LogP contribution in [0, 0.1) is 0 Å². The first-order valence-corrected chi connectivity index (χ1v) is 12.2. The molecule has 3 N–H and O–H groups in total. The Kier molecular flexibility index (Phi) is 5.18. The van der Waals surface area contributed by atoms with Crippen LogP contribution < -0.4 is 25.1 Å². The largest absolute Gasteiger partial charge is 0.507 e. The molecule has 0 radical (unpaired) electrons. The number of carbonyl (C=O) groups excluding carboxylic acids is 1. The van der Waals surface area contributed by atoms with E-state index in [0.717, 1.165) is 0 Å². The number of ketones is 1. The van der Waals surface area contributed by atoms with Crippen LogP contribution in [0.25, 0.3) is 49.2 Å². The molecule has 5 aromatic carbocycles. The van der Waals surface area contributed by atoms with Gasteiger partial charge in [0.25, 0.3) is 0 Å². The van der Waals surface area contributed by atoms with Crippen molar-refractivity contribution < 1.29 is 34.3 Å². The van der Waals surface area contributed by atoms with Crippen LogP contribution >= 0.6 is 0 Å². The Morgan fingerprint density at radius 2 is 1.33 bits per heavy atom. The first-order chi connectivity index (χ1) is 18.6. The normalized spacial score (nSPS) is 14.9. The number of hydrogen-bond acceptors (Lipinski definition) is 9. The van der Waals surface area contributed by atoms with Crippen molar-refractivity contribution in [2.24, 2.45) is 0 Å². The summed E-state index contributed by atoms with van der Waals surface area (Å²) in [7, 11) is 4.12. The van der Waals surface area contributed by atoms with Crippen LogP contribution in [0.15, 0.2) is 27.3 Å². The van der Waals surface area contributed by atoms with Gasteiger partial charge in [0.15, 0.2) is 22.4 Å². The van der Waals surface area contributed by atoms with Crippen LogP contribution in [0.1, 0.15) is 36.5 Å². The second kappa shape index (κ2) is 8.18. The fourth-order valence-corrected chi connectivity index (χ4v) is 6.49. The van der Waals surface area contributed by atoms with Gasteiger partial charge >= 0.3 is 0 Å². The standard InChI is InChI=1S/C30H24O9/c1-10-6-12-13(9-31)28(35)20-14(33)7-16(37-3)22-23-17(38-4)8-15(34)21-26(23)25(19(12)24(20)22)27(18(10)11(2)32)30(39-5)29(21)36/h6-8,18,31,35-36H,9H2,1-5H3. The van der Waals surface area contributed by atoms with Crippen molar-refractivity contribution in [3.63, 3.8) is 0 Å². The van der Waals surface area contributed by atoms with Crippen molar-refractivity contribution in [3.8, 4) is 28.7 Å². The third-order valence-corrected chi connectivity index (χ3v) is 7.92. The Balaban J connectivity index is 2.21. The summed E-state index contributed by atoms with van der Waals surface area (Å²) in [6, 6.07) is 2.46. The molecule has 0 aromatic heterocycles. The summed E-state index contributed by atoms with van der Waals surface area (Å²) >= 11 is 0. The smallest absolute Gasteiger partial charge is 0.194 e. The zero-order valence-corrected chi connectivity index (χ0v) is 21.8. The molecule has 1 aliphatic carbocycles. The maximum atomic E-state index is 13.5. The molecule has 1 atom stereocenters. The van der Waals surface area contributed by atoms with Gasteiger partial charge in [-0.3, -0.25) is 14.4 Å². The summed E-state index contributed by atoms with van der Waals surface area (Å²) in [5, 5.41) is 35.3. The number of rotatable bonds is 5. The van der Waals surface area contributed by atoms with Gasteiger partial charge in [0.2, 0.25) is 0 Å². The van der Waals surface area contributed by atoms with Crippen LogP contribution in [0.3, 0.4) is 0 Å². The highest BCUT2D eigenvalue weighted by molar-refractivity contribution is 6.39. The van der Waals surface area contributed by atoms with E-state index in [9.17, 15) is 29.7 Å². The predicted molar refractivity (Wildman–Crippen MR) is 147 cm³/mol. The molecule has 0 bridgehead atoms. The molecule has 39 heavy (non-hydrogen) atoms. The summed E-state index contributed by atoms with van der Waals surface area (Å²) in [5.74, 6) is -1.71. The molecular weight excluding hydrogens is 504 g/mol. The minimum absolute atomic E-state index is 0.0491. The van der Waals surface area contributed by atoms with Crippen LogP contribution in [0.5, 0.6) is 28.7 Å². The summed E-state index contributed by atoms with van der Waals surface area (Å²) < 4.78 is 16.9. The molecule has 0 fully saturated rings. The number of ether oxygens (including phenoxy) is 3. The number of methoxy groups -OCH3 is 3. The molecule has 0 saturated heterocycles. The Hall–Kier alpha value is -4.63. The Labute approximate surface area is 220 Å². The number of fused-ring (bicyclic) bond motifs is 1. The van der Waals surface area contributed by atoms with E-state index in [-0.39, 0.29) is 39.4 Å². The van der Waals surface area contributed by atoms with Crippen molar-refractivity contribution in [2.45, 2.75) is 26.4 Å². The fourth-order valence-electron chi connectivity index (χ4n) is 6.49. The molecule has 0 amide bonds. The average molecular weight is 529 g/mol. The number of allylic oxidation sites excluding steroid dienone is 1. The Morgan fingerprint density at radius 3 is 1.82 bits per heavy atom. The molecule has 6 rings (SSSR count). The van der Waals surface area contributed by atoms with Gasteiger partial charge in [0, 0.05) is 44.8 Å². The number of carbonyl (C=O) groups is 1. The van der Waals surface area contributed by atoms with E-state index >= 15 is 0 Å².